The Bertz CT molecular complexity index is 453. The third-order valence-electron chi connectivity index (χ3n) is 2.82. The van der Waals surface area contributed by atoms with E-state index in [-0.39, 0.29) is 5.41 Å². The maximum atomic E-state index is 5.78. The third kappa shape index (κ3) is 2.52. The van der Waals surface area contributed by atoms with Crippen LogP contribution in [-0.2, 0) is 16.1 Å². The Labute approximate surface area is 118 Å². The minimum absolute atomic E-state index is 0.249. The molecule has 2 aromatic heterocycles. The van der Waals surface area contributed by atoms with Crippen LogP contribution in [0.5, 0.6) is 0 Å². The van der Waals surface area contributed by atoms with Crippen molar-refractivity contribution >= 4 is 31.9 Å². The van der Waals surface area contributed by atoms with E-state index in [4.69, 9.17) is 8.83 Å². The van der Waals surface area contributed by atoms with Crippen molar-refractivity contribution in [3.63, 3.8) is 0 Å². The highest BCUT2D eigenvalue weighted by Gasteiger charge is 2.30. The average molecular weight is 362 g/mol. The van der Waals surface area contributed by atoms with E-state index in [9.17, 15) is 0 Å². The average Bonchev–Trinajstić information content (AvgIpc) is 2.98. The fourth-order valence-electron chi connectivity index (χ4n) is 1.69. The van der Waals surface area contributed by atoms with Gasteiger partial charge in [-0.1, -0.05) is 31.9 Å². The third-order valence-corrected chi connectivity index (χ3v) is 3.92. The highest BCUT2D eigenvalue weighted by Crippen LogP contribution is 2.34. The molecule has 0 aromatic carbocycles. The molecular formula is C13H14Br2O2. The van der Waals surface area contributed by atoms with Crippen molar-refractivity contribution in [1.82, 2.24) is 0 Å². The van der Waals surface area contributed by atoms with Crippen molar-refractivity contribution in [2.24, 2.45) is 0 Å². The molecule has 4 heteroatoms. The van der Waals surface area contributed by atoms with E-state index in [2.05, 4.69) is 45.7 Å². The first kappa shape index (κ1) is 13.0. The van der Waals surface area contributed by atoms with Crippen LogP contribution in [0.2, 0.25) is 0 Å². The quantitative estimate of drug-likeness (QED) is 0.717. The second-order valence-corrected chi connectivity index (χ2v) is 5.55. The number of halogens is 2. The molecule has 2 nitrogen and oxygen atoms in total. The van der Waals surface area contributed by atoms with Gasteiger partial charge in [0.25, 0.3) is 0 Å². The molecule has 92 valence electrons. The SMILES string of the molecule is CC(C)(c1ccc(CBr)o1)c1ccc(CBr)o1. The highest BCUT2D eigenvalue weighted by atomic mass is 79.9. The van der Waals surface area contributed by atoms with Gasteiger partial charge in [-0.2, -0.15) is 0 Å². The first-order valence-electron chi connectivity index (χ1n) is 5.38. The van der Waals surface area contributed by atoms with E-state index >= 15 is 0 Å². The summed E-state index contributed by atoms with van der Waals surface area (Å²) in [5.41, 5.74) is -0.249. The van der Waals surface area contributed by atoms with Crippen LogP contribution in [0, 0.1) is 0 Å². The van der Waals surface area contributed by atoms with Crippen molar-refractivity contribution in [2.75, 3.05) is 0 Å². The molecule has 0 unspecified atom stereocenters. The van der Waals surface area contributed by atoms with Crippen LogP contribution in [-0.4, -0.2) is 0 Å². The standard InChI is InChI=1S/C13H14Br2O2/c1-13(2,11-5-3-9(7-14)16-11)12-6-4-10(8-15)17-12/h3-6H,7-8H2,1-2H3. The minimum Gasteiger partial charge on any atom is -0.464 e. The maximum absolute atomic E-state index is 5.78. The van der Waals surface area contributed by atoms with Crippen LogP contribution >= 0.6 is 31.9 Å². The number of rotatable bonds is 4. The summed E-state index contributed by atoms with van der Waals surface area (Å²) in [7, 11) is 0. The molecule has 0 aliphatic heterocycles. The normalized spacial score (nSPS) is 12.0. The van der Waals surface area contributed by atoms with Gasteiger partial charge in [-0.25, -0.2) is 0 Å². The molecule has 0 N–H and O–H groups in total. The van der Waals surface area contributed by atoms with Crippen LogP contribution in [0.25, 0.3) is 0 Å². The summed E-state index contributed by atoms with van der Waals surface area (Å²) in [5, 5.41) is 1.46. The predicted octanol–water partition coefficient (Wildman–Crippen LogP) is 4.99. The fourth-order valence-corrected chi connectivity index (χ4v) is 2.30. The second kappa shape index (κ2) is 5.02. The van der Waals surface area contributed by atoms with E-state index in [0.717, 1.165) is 33.7 Å². The van der Waals surface area contributed by atoms with Crippen molar-refractivity contribution in [1.29, 1.82) is 0 Å². The molecule has 0 aliphatic carbocycles. The highest BCUT2D eigenvalue weighted by molar-refractivity contribution is 9.08. The van der Waals surface area contributed by atoms with Gasteiger partial charge in [-0.05, 0) is 38.1 Å². The van der Waals surface area contributed by atoms with Gasteiger partial charge in [0, 0.05) is 0 Å². The molecule has 2 aromatic rings. The Kier molecular flexibility index (Phi) is 3.83. The lowest BCUT2D eigenvalue weighted by Gasteiger charge is -2.19. The maximum Gasteiger partial charge on any atom is 0.117 e. The summed E-state index contributed by atoms with van der Waals surface area (Å²) in [6.07, 6.45) is 0. The summed E-state index contributed by atoms with van der Waals surface area (Å²) in [6.45, 7) is 4.20. The Hall–Kier alpha value is -0.480. The fraction of sp³-hybridized carbons (Fsp3) is 0.385. The Morgan fingerprint density at radius 2 is 1.29 bits per heavy atom. The van der Waals surface area contributed by atoms with Crippen LogP contribution in [0.3, 0.4) is 0 Å². The lowest BCUT2D eigenvalue weighted by molar-refractivity contribution is 0.349. The van der Waals surface area contributed by atoms with Crippen molar-refractivity contribution in [2.45, 2.75) is 29.9 Å². The molecule has 0 bridgehead atoms. The van der Waals surface area contributed by atoms with Crippen LogP contribution in [0.1, 0.15) is 36.9 Å². The van der Waals surface area contributed by atoms with Crippen molar-refractivity contribution in [3.8, 4) is 0 Å². The van der Waals surface area contributed by atoms with E-state index in [0.29, 0.717) is 0 Å². The van der Waals surface area contributed by atoms with Crippen LogP contribution < -0.4 is 0 Å². The monoisotopic (exact) mass is 360 g/mol. The molecule has 0 atom stereocenters. The molecule has 0 aliphatic rings. The molecule has 2 rings (SSSR count). The van der Waals surface area contributed by atoms with Gasteiger partial charge < -0.3 is 8.83 Å². The van der Waals surface area contributed by atoms with E-state index in [1.54, 1.807) is 0 Å². The molecule has 0 saturated carbocycles. The van der Waals surface area contributed by atoms with E-state index < -0.39 is 0 Å². The molecule has 17 heavy (non-hydrogen) atoms. The minimum atomic E-state index is -0.249. The van der Waals surface area contributed by atoms with Gasteiger partial charge in [0.15, 0.2) is 0 Å². The first-order valence-corrected chi connectivity index (χ1v) is 7.62. The smallest absolute Gasteiger partial charge is 0.117 e. The van der Waals surface area contributed by atoms with Gasteiger partial charge in [-0.15, -0.1) is 0 Å². The zero-order valence-electron chi connectivity index (χ0n) is 9.80. The Morgan fingerprint density at radius 3 is 1.59 bits per heavy atom. The van der Waals surface area contributed by atoms with Crippen molar-refractivity contribution in [3.05, 3.63) is 47.3 Å². The van der Waals surface area contributed by atoms with Crippen molar-refractivity contribution < 1.29 is 8.83 Å². The summed E-state index contributed by atoms with van der Waals surface area (Å²) < 4.78 is 11.6. The Morgan fingerprint density at radius 1 is 0.882 bits per heavy atom. The topological polar surface area (TPSA) is 26.3 Å². The predicted molar refractivity (Wildman–Crippen MR) is 74.8 cm³/mol. The summed E-state index contributed by atoms with van der Waals surface area (Å²) in [4.78, 5) is 0. The number of alkyl halides is 2. The van der Waals surface area contributed by atoms with Gasteiger partial charge in [0.1, 0.15) is 23.0 Å². The van der Waals surface area contributed by atoms with Crippen LogP contribution in [0.15, 0.2) is 33.1 Å². The van der Waals surface area contributed by atoms with Gasteiger partial charge in [0.2, 0.25) is 0 Å². The summed E-state index contributed by atoms with van der Waals surface area (Å²) in [6, 6.07) is 7.99. The lowest BCUT2D eigenvalue weighted by Crippen LogP contribution is -2.16. The summed E-state index contributed by atoms with van der Waals surface area (Å²) in [5.74, 6) is 3.70. The zero-order chi connectivity index (χ0) is 12.5. The summed E-state index contributed by atoms with van der Waals surface area (Å²) >= 11 is 6.77. The lowest BCUT2D eigenvalue weighted by atomic mass is 9.87. The number of furan rings is 2. The number of hydrogen-bond acceptors (Lipinski definition) is 2. The molecular weight excluding hydrogens is 348 g/mol. The molecule has 0 amide bonds. The van der Waals surface area contributed by atoms with Gasteiger partial charge in [-0.3, -0.25) is 0 Å². The molecule has 0 radical (unpaired) electrons. The number of hydrogen-bond donors (Lipinski definition) is 0. The van der Waals surface area contributed by atoms with Gasteiger partial charge >= 0.3 is 0 Å². The molecule has 2 heterocycles. The molecule has 0 fully saturated rings. The molecule has 0 spiro atoms. The van der Waals surface area contributed by atoms with Crippen LogP contribution in [0.4, 0.5) is 0 Å². The Balaban J connectivity index is 2.34. The van der Waals surface area contributed by atoms with E-state index in [1.165, 1.54) is 0 Å². The first-order chi connectivity index (χ1) is 8.07. The van der Waals surface area contributed by atoms with Gasteiger partial charge in [0.05, 0.1) is 16.1 Å². The second-order valence-electron chi connectivity index (χ2n) is 4.42. The molecule has 0 saturated heterocycles. The van der Waals surface area contributed by atoms with E-state index in [1.807, 2.05) is 24.3 Å². The zero-order valence-corrected chi connectivity index (χ0v) is 13.0. The largest absolute Gasteiger partial charge is 0.464 e.